The summed E-state index contributed by atoms with van der Waals surface area (Å²) in [6.45, 7) is 0. The monoisotopic (exact) mass is 314 g/mol. The first-order chi connectivity index (χ1) is 7.58. The highest BCUT2D eigenvalue weighted by Gasteiger charge is 1.89. The molecule has 12 heteroatoms. The Morgan fingerprint density at radius 1 is 0.778 bits per heavy atom. The Balaban J connectivity index is 0. The molecule has 18 heavy (non-hydrogen) atoms. The van der Waals surface area contributed by atoms with Gasteiger partial charge in [-0.3, -0.25) is 0 Å². The molecule has 7 N–H and O–H groups in total. The zero-order valence-corrected chi connectivity index (χ0v) is 11.0. The van der Waals surface area contributed by atoms with Gasteiger partial charge in [0, 0.05) is 0 Å². The third-order valence-electron chi connectivity index (χ3n) is 1.07. The fourth-order valence-electron chi connectivity index (χ4n) is 0.546. The number of rotatable bonds is 0. The van der Waals surface area contributed by atoms with Gasteiger partial charge in [-0.2, -0.15) is 9.97 Å². The number of nitrogens with zero attached hydrogens (tertiary/aromatic N) is 6. The number of nitrogens with two attached hydrogens (primary N) is 1. The lowest BCUT2D eigenvalue weighted by molar-refractivity contribution is 0.824. The van der Waals surface area contributed by atoms with Crippen LogP contribution in [0.1, 0.15) is 0 Å². The molecule has 2 aromatic rings. The predicted octanol–water partition coefficient (Wildman–Crippen LogP) is 0.623. The van der Waals surface area contributed by atoms with E-state index >= 15 is 0 Å². The topological polar surface area (TPSA) is 170 Å². The Labute approximate surface area is 117 Å². The maximum absolute atomic E-state index is 5.30. The molecule has 0 unspecified atom stereocenters. The van der Waals surface area contributed by atoms with E-state index in [1.807, 2.05) is 0 Å². The summed E-state index contributed by atoms with van der Waals surface area (Å²) in [5.41, 5.74) is 5.11. The van der Waals surface area contributed by atoms with Gasteiger partial charge >= 0.3 is 0 Å². The number of anilines is 1. The van der Waals surface area contributed by atoms with Gasteiger partial charge in [0.05, 0.1) is 0 Å². The van der Waals surface area contributed by atoms with Crippen LogP contribution in [0.5, 0.6) is 0 Å². The second-order valence-electron chi connectivity index (χ2n) is 2.14. The molecular weight excluding hydrogens is 306 g/mol. The summed E-state index contributed by atoms with van der Waals surface area (Å²) in [6, 6.07) is 0. The van der Waals surface area contributed by atoms with Crippen molar-refractivity contribution >= 4 is 40.8 Å². The summed E-state index contributed by atoms with van der Waals surface area (Å²) in [6.07, 6.45) is 2.50. The highest BCUT2D eigenvalue weighted by Crippen LogP contribution is 2.00. The molecule has 0 aromatic carbocycles. The van der Waals surface area contributed by atoms with E-state index < -0.39 is 0 Å². The van der Waals surface area contributed by atoms with Crippen LogP contribution in [0.15, 0.2) is 12.7 Å². The molecule has 0 aliphatic carbocycles. The fraction of sp³-hybridized carbons (Fsp3) is 0. The summed E-state index contributed by atoms with van der Waals surface area (Å²) < 4.78 is 0. The van der Waals surface area contributed by atoms with Gasteiger partial charge in [-0.05, 0) is 34.8 Å². The molecule has 9 nitrogen and oxygen atoms in total. The first-order valence-electron chi connectivity index (χ1n) is 3.68. The summed E-state index contributed by atoms with van der Waals surface area (Å²) in [5.74, 6) is 0.144. The maximum Gasteiger partial charge on any atom is 0.227 e. The van der Waals surface area contributed by atoms with E-state index in [-0.39, 0.29) is 33.4 Å². The van der Waals surface area contributed by atoms with Crippen molar-refractivity contribution in [2.24, 2.45) is 0 Å². The first-order valence-corrected chi connectivity index (χ1v) is 4.81. The van der Waals surface area contributed by atoms with E-state index in [4.69, 9.17) is 40.5 Å². The molecule has 0 amide bonds. The van der Waals surface area contributed by atoms with Crippen LogP contribution in [-0.2, 0) is 0 Å². The molecule has 0 saturated carbocycles. The van der Waals surface area contributed by atoms with Crippen LogP contribution in [0.25, 0.3) is 0 Å². The number of nitrogen functional groups attached to an aromatic ring is 1. The molecule has 0 aliphatic rings. The van der Waals surface area contributed by atoms with Crippen molar-refractivity contribution in [3.63, 3.8) is 0 Å². The molecule has 100 valence electrons. The Morgan fingerprint density at radius 2 is 1.17 bits per heavy atom. The fourth-order valence-corrected chi connectivity index (χ4v) is 0.967. The third kappa shape index (κ3) is 7.81. The maximum atomic E-state index is 5.30. The van der Waals surface area contributed by atoms with Crippen molar-refractivity contribution in [1.29, 1.82) is 0 Å². The van der Waals surface area contributed by atoms with Crippen molar-refractivity contribution < 1.29 is 5.48 Å². The lowest BCUT2D eigenvalue weighted by atomic mass is 11.0. The van der Waals surface area contributed by atoms with E-state index in [0.29, 0.717) is 0 Å². The molecule has 2 rings (SSSR count). The second-order valence-corrected chi connectivity index (χ2v) is 3.15. The van der Waals surface area contributed by atoms with Crippen molar-refractivity contribution in [2.75, 3.05) is 5.73 Å². The average Bonchev–Trinajstić information content (AvgIpc) is 2.17. The minimum Gasteiger partial charge on any atom is -0.412 e. The zero-order valence-electron chi connectivity index (χ0n) is 8.76. The van der Waals surface area contributed by atoms with Gasteiger partial charge in [-0.25, -0.2) is 19.9 Å². The van der Waals surface area contributed by atoms with Crippen molar-refractivity contribution in [3.8, 4) is 0 Å². The molecule has 2 heterocycles. The normalized spacial score (nSPS) is 8.17. The number of hydrogen-bond donors (Lipinski definition) is 2. The minimum atomic E-state index is 0. The molecular formula is C6H9Cl3N8O. The van der Waals surface area contributed by atoms with Crippen LogP contribution < -0.4 is 11.9 Å². The van der Waals surface area contributed by atoms with Gasteiger partial charge in [-0.15, -0.1) is 0 Å². The molecule has 2 aromatic heterocycles. The predicted molar refractivity (Wildman–Crippen MR) is 67.7 cm³/mol. The summed E-state index contributed by atoms with van der Waals surface area (Å²) in [7, 11) is 0. The van der Waals surface area contributed by atoms with Gasteiger partial charge in [0.25, 0.3) is 0 Å². The number of aromatic nitrogens is 6. The molecule has 0 bridgehead atoms. The van der Waals surface area contributed by atoms with E-state index in [1.54, 1.807) is 0 Å². The van der Waals surface area contributed by atoms with E-state index in [2.05, 4.69) is 29.9 Å². The van der Waals surface area contributed by atoms with Gasteiger partial charge in [0.1, 0.15) is 12.7 Å². The lowest BCUT2D eigenvalue weighted by Gasteiger charge is -1.86. The van der Waals surface area contributed by atoms with Crippen LogP contribution in [0.4, 0.5) is 5.95 Å². The van der Waals surface area contributed by atoms with Crippen molar-refractivity contribution in [1.82, 2.24) is 36.1 Å². The number of halogens is 3. The quantitative estimate of drug-likeness (QED) is 0.712. The third-order valence-corrected chi connectivity index (χ3v) is 1.62. The van der Waals surface area contributed by atoms with E-state index in [0.717, 1.165) is 0 Å². The van der Waals surface area contributed by atoms with Gasteiger partial charge in [0.15, 0.2) is 0 Å². The molecule has 0 fully saturated rings. The standard InChI is InChI=1S/C3HCl2N3.C3H3ClN4.H3N.H2O/c2*4-2-6-1-7-3(5)8-2;;/h1H;1H,(H2,5,6,7,8);1H3;1H2. The number of hydrogen-bond acceptors (Lipinski definition) is 8. The first kappa shape index (κ1) is 19.0. The molecule has 0 aliphatic heterocycles. The Kier molecular flexibility index (Phi) is 10.1. The summed E-state index contributed by atoms with van der Waals surface area (Å²) >= 11 is 15.9. The largest absolute Gasteiger partial charge is 0.412 e. The van der Waals surface area contributed by atoms with Crippen molar-refractivity contribution in [3.05, 3.63) is 28.5 Å². The van der Waals surface area contributed by atoms with Crippen molar-refractivity contribution in [2.45, 2.75) is 0 Å². The van der Waals surface area contributed by atoms with Gasteiger partial charge in [0.2, 0.25) is 21.8 Å². The van der Waals surface area contributed by atoms with E-state index in [9.17, 15) is 0 Å². The average molecular weight is 316 g/mol. The molecule has 0 radical (unpaired) electrons. The summed E-state index contributed by atoms with van der Waals surface area (Å²) in [5, 5.41) is 0.354. The Hall–Kier alpha value is -1.39. The molecule has 0 spiro atoms. The van der Waals surface area contributed by atoms with Gasteiger partial charge in [-0.1, -0.05) is 0 Å². The zero-order chi connectivity index (χ0) is 12.0. The highest BCUT2D eigenvalue weighted by molar-refractivity contribution is 6.30. The summed E-state index contributed by atoms with van der Waals surface area (Å²) in [4.78, 5) is 21.0. The van der Waals surface area contributed by atoms with Crippen LogP contribution in [0.3, 0.4) is 0 Å². The minimum absolute atomic E-state index is 0. The highest BCUT2D eigenvalue weighted by atomic mass is 35.5. The van der Waals surface area contributed by atoms with Crippen LogP contribution in [-0.4, -0.2) is 35.4 Å². The Bertz CT molecular complexity index is 394. The SMILES string of the molecule is Clc1ncnc(Cl)n1.N.Nc1ncnc(Cl)n1.O. The smallest absolute Gasteiger partial charge is 0.227 e. The molecule has 0 atom stereocenters. The van der Waals surface area contributed by atoms with Crippen LogP contribution >= 0.6 is 34.8 Å². The van der Waals surface area contributed by atoms with Crippen LogP contribution in [0.2, 0.25) is 15.9 Å². The second kappa shape index (κ2) is 9.62. The van der Waals surface area contributed by atoms with Gasteiger partial charge < -0.3 is 17.4 Å². The lowest BCUT2D eigenvalue weighted by Crippen LogP contribution is -1.94. The Morgan fingerprint density at radius 3 is 1.39 bits per heavy atom. The van der Waals surface area contributed by atoms with Crippen LogP contribution in [0, 0.1) is 0 Å². The van der Waals surface area contributed by atoms with E-state index in [1.165, 1.54) is 12.7 Å². The molecule has 0 saturated heterocycles.